The van der Waals surface area contributed by atoms with Crippen molar-refractivity contribution < 1.29 is 18.0 Å². The molecule has 1 aromatic heterocycles. The molecule has 0 bridgehead atoms. The van der Waals surface area contributed by atoms with Crippen molar-refractivity contribution in [2.45, 2.75) is 46.0 Å². The van der Waals surface area contributed by atoms with Crippen molar-refractivity contribution >= 4 is 16.8 Å². The number of aromatic nitrogens is 1. The van der Waals surface area contributed by atoms with Crippen LogP contribution >= 0.6 is 0 Å². The highest BCUT2D eigenvalue weighted by atomic mass is 19.4. The summed E-state index contributed by atoms with van der Waals surface area (Å²) in [5, 5.41) is 3.93. The third-order valence-electron chi connectivity index (χ3n) is 6.18. The van der Waals surface area contributed by atoms with Gasteiger partial charge in [0.15, 0.2) is 0 Å². The van der Waals surface area contributed by atoms with Gasteiger partial charge in [0.2, 0.25) is 0 Å². The predicted octanol–water partition coefficient (Wildman–Crippen LogP) is 7.07. The van der Waals surface area contributed by atoms with Crippen LogP contribution in [0.25, 0.3) is 10.9 Å². The molecule has 34 heavy (non-hydrogen) atoms. The first-order valence-corrected chi connectivity index (χ1v) is 11.3. The first-order valence-electron chi connectivity index (χ1n) is 11.3. The van der Waals surface area contributed by atoms with Gasteiger partial charge in [-0.25, -0.2) is 0 Å². The summed E-state index contributed by atoms with van der Waals surface area (Å²) >= 11 is 0. The molecule has 4 rings (SSSR count). The third kappa shape index (κ3) is 4.86. The molecule has 0 saturated carbocycles. The average molecular weight is 465 g/mol. The van der Waals surface area contributed by atoms with Gasteiger partial charge in [-0.05, 0) is 62.1 Å². The molecule has 0 aliphatic rings. The Labute approximate surface area is 197 Å². The van der Waals surface area contributed by atoms with Gasteiger partial charge >= 0.3 is 6.18 Å². The zero-order chi connectivity index (χ0) is 24.5. The molecule has 0 spiro atoms. The molecule has 0 aliphatic carbocycles. The number of fused-ring (bicyclic) bond motifs is 1. The number of nitrogens with one attached hydrogen (secondary N) is 1. The zero-order valence-corrected chi connectivity index (χ0v) is 19.4. The van der Waals surface area contributed by atoms with Gasteiger partial charge in [-0.2, -0.15) is 13.2 Å². The van der Waals surface area contributed by atoms with Crippen LogP contribution in [0.1, 0.15) is 58.1 Å². The molecule has 1 atom stereocenters. The van der Waals surface area contributed by atoms with Gasteiger partial charge in [0.25, 0.3) is 5.91 Å². The van der Waals surface area contributed by atoms with Crippen LogP contribution < -0.4 is 5.32 Å². The van der Waals surface area contributed by atoms with Gasteiger partial charge < -0.3 is 9.88 Å². The fourth-order valence-corrected chi connectivity index (χ4v) is 4.25. The highest BCUT2D eigenvalue weighted by Gasteiger charge is 2.30. The Hall–Kier alpha value is -3.54. The third-order valence-corrected chi connectivity index (χ3v) is 6.18. The van der Waals surface area contributed by atoms with Crippen molar-refractivity contribution in [2.75, 3.05) is 0 Å². The molecule has 1 heterocycles. The molecule has 3 aromatic carbocycles. The van der Waals surface area contributed by atoms with Crippen LogP contribution in [0.3, 0.4) is 0 Å². The number of carbonyl (C=O) groups excluding carboxylic acids is 1. The second-order valence-electron chi connectivity index (χ2n) is 8.62. The van der Waals surface area contributed by atoms with Crippen LogP contribution in [0.4, 0.5) is 13.2 Å². The molecule has 0 radical (unpaired) electrons. The minimum absolute atomic E-state index is 0.171. The average Bonchev–Trinajstić information content (AvgIpc) is 3.19. The lowest BCUT2D eigenvalue weighted by atomic mass is 9.98. The highest BCUT2D eigenvalue weighted by molar-refractivity contribution is 6.08. The van der Waals surface area contributed by atoms with Gasteiger partial charge in [-0.15, -0.1) is 0 Å². The Morgan fingerprint density at radius 3 is 2.29 bits per heavy atom. The summed E-state index contributed by atoms with van der Waals surface area (Å²) in [6, 6.07) is 18.9. The summed E-state index contributed by atoms with van der Waals surface area (Å²) in [6.45, 7) is 6.68. The summed E-state index contributed by atoms with van der Waals surface area (Å²) in [7, 11) is 0. The number of carbonyl (C=O) groups is 1. The summed E-state index contributed by atoms with van der Waals surface area (Å²) in [5.74, 6) is -0.176. The molecular formula is C28H27F3N2O. The molecule has 0 unspecified atom stereocenters. The Bertz CT molecular complexity index is 1300. The maximum Gasteiger partial charge on any atom is 0.416 e. The maximum absolute atomic E-state index is 13.3. The van der Waals surface area contributed by atoms with E-state index in [4.69, 9.17) is 0 Å². The van der Waals surface area contributed by atoms with Gasteiger partial charge in [0.05, 0.1) is 17.2 Å². The molecule has 1 N–H and O–H groups in total. The van der Waals surface area contributed by atoms with E-state index in [1.165, 1.54) is 12.1 Å². The van der Waals surface area contributed by atoms with Crippen molar-refractivity contribution in [3.8, 4) is 0 Å². The van der Waals surface area contributed by atoms with Gasteiger partial charge in [-0.1, -0.05) is 54.1 Å². The monoisotopic (exact) mass is 464 g/mol. The first kappa shape index (κ1) is 23.6. The van der Waals surface area contributed by atoms with Crippen LogP contribution in [0.5, 0.6) is 0 Å². The Balaban J connectivity index is 1.67. The molecule has 0 saturated heterocycles. The fraction of sp³-hybridized carbons (Fsp3) is 0.250. The van der Waals surface area contributed by atoms with E-state index in [1.807, 2.05) is 74.0 Å². The van der Waals surface area contributed by atoms with E-state index in [9.17, 15) is 18.0 Å². The number of rotatable bonds is 6. The first-order chi connectivity index (χ1) is 16.2. The Morgan fingerprint density at radius 2 is 1.68 bits per heavy atom. The number of halogens is 3. The van der Waals surface area contributed by atoms with Gasteiger partial charge in [0, 0.05) is 23.6 Å². The molecule has 4 aromatic rings. The van der Waals surface area contributed by atoms with E-state index in [1.54, 1.807) is 0 Å². The van der Waals surface area contributed by atoms with Crippen LogP contribution in [-0.2, 0) is 19.1 Å². The van der Waals surface area contributed by atoms with E-state index >= 15 is 0 Å². The Kier molecular flexibility index (Phi) is 6.51. The van der Waals surface area contributed by atoms with Crippen LogP contribution in [0.2, 0.25) is 0 Å². The number of alkyl halides is 3. The van der Waals surface area contributed by atoms with E-state index < -0.39 is 11.7 Å². The molecule has 1 amide bonds. The van der Waals surface area contributed by atoms with E-state index in [0.29, 0.717) is 18.5 Å². The lowest BCUT2D eigenvalue weighted by Crippen LogP contribution is -2.26. The quantitative estimate of drug-likeness (QED) is 0.325. The summed E-state index contributed by atoms with van der Waals surface area (Å²) in [6.07, 6.45) is -2.08. The second-order valence-corrected chi connectivity index (χ2v) is 8.62. The van der Waals surface area contributed by atoms with E-state index in [2.05, 4.69) is 5.32 Å². The number of amides is 1. The number of hydrogen-bond acceptors (Lipinski definition) is 1. The smallest absolute Gasteiger partial charge is 0.347 e. The predicted molar refractivity (Wildman–Crippen MR) is 129 cm³/mol. The van der Waals surface area contributed by atoms with Crippen molar-refractivity contribution in [2.24, 2.45) is 0 Å². The van der Waals surface area contributed by atoms with E-state index in [-0.39, 0.29) is 11.9 Å². The molecule has 6 heteroatoms. The number of hydrogen-bond donors (Lipinski definition) is 1. The van der Waals surface area contributed by atoms with Crippen LogP contribution in [-0.4, -0.2) is 10.5 Å². The largest absolute Gasteiger partial charge is 0.416 e. The number of aryl methyl sites for hydroxylation is 2. The summed E-state index contributed by atoms with van der Waals surface area (Å²) in [5.41, 5.74) is 4.65. The molecule has 0 fully saturated rings. The molecule has 176 valence electrons. The SMILES string of the molecule is CCn1cc(C(=O)N[C@@H](C)c2ccc(C)cc2)c2c(Cc3ccc(C(F)(F)F)cc3)cccc21. The number of benzene rings is 3. The normalized spacial score (nSPS) is 12.6. The molecule has 3 nitrogen and oxygen atoms in total. The molecule has 0 aliphatic heterocycles. The van der Waals surface area contributed by atoms with Crippen LogP contribution in [0.15, 0.2) is 72.9 Å². The summed E-state index contributed by atoms with van der Waals surface area (Å²) in [4.78, 5) is 13.3. The van der Waals surface area contributed by atoms with Gasteiger partial charge in [-0.3, -0.25) is 4.79 Å². The maximum atomic E-state index is 13.3. The van der Waals surface area contributed by atoms with Crippen molar-refractivity contribution in [1.82, 2.24) is 9.88 Å². The lowest BCUT2D eigenvalue weighted by molar-refractivity contribution is -0.137. The fourth-order valence-electron chi connectivity index (χ4n) is 4.25. The molecular weight excluding hydrogens is 437 g/mol. The second kappa shape index (κ2) is 9.37. The zero-order valence-electron chi connectivity index (χ0n) is 19.4. The summed E-state index contributed by atoms with van der Waals surface area (Å²) < 4.78 is 40.8. The van der Waals surface area contributed by atoms with Crippen molar-refractivity contribution in [3.63, 3.8) is 0 Å². The van der Waals surface area contributed by atoms with Crippen molar-refractivity contribution in [3.05, 3.63) is 106 Å². The minimum atomic E-state index is -4.36. The lowest BCUT2D eigenvalue weighted by Gasteiger charge is -2.15. The minimum Gasteiger partial charge on any atom is -0.347 e. The highest BCUT2D eigenvalue weighted by Crippen LogP contribution is 2.31. The van der Waals surface area contributed by atoms with Crippen molar-refractivity contribution in [1.29, 1.82) is 0 Å². The topological polar surface area (TPSA) is 34.0 Å². The van der Waals surface area contributed by atoms with E-state index in [0.717, 1.165) is 45.3 Å². The Morgan fingerprint density at radius 1 is 1.00 bits per heavy atom. The number of nitrogens with zero attached hydrogens (tertiary/aromatic N) is 1. The standard InChI is InChI=1S/C28H27F3N2O/c1-4-33-17-24(27(34)32-19(3)21-12-8-18(2)9-13-21)26-22(6-5-7-25(26)33)16-20-10-14-23(15-11-20)28(29,30)31/h5-15,17,19H,4,16H2,1-3H3,(H,32,34)/t19-/m0/s1. The van der Waals surface area contributed by atoms with Crippen LogP contribution in [0, 0.1) is 6.92 Å². The van der Waals surface area contributed by atoms with Gasteiger partial charge in [0.1, 0.15) is 0 Å².